The number of nitrogens with one attached hydrogen (secondary N) is 1. The number of likely N-dealkylation sites (tertiary alicyclic amines) is 1. The first-order valence-corrected chi connectivity index (χ1v) is 11.7. The van der Waals surface area contributed by atoms with Crippen molar-refractivity contribution in [2.75, 3.05) is 18.5 Å². The second-order valence-corrected chi connectivity index (χ2v) is 8.86. The van der Waals surface area contributed by atoms with E-state index in [0.717, 1.165) is 35.1 Å². The Labute approximate surface area is 202 Å². The lowest BCUT2D eigenvalue weighted by Gasteiger charge is -2.34. The van der Waals surface area contributed by atoms with E-state index in [9.17, 15) is 19.5 Å². The molecule has 1 aliphatic carbocycles. The van der Waals surface area contributed by atoms with Gasteiger partial charge >= 0.3 is 12.1 Å². The van der Waals surface area contributed by atoms with Crippen molar-refractivity contribution in [3.8, 4) is 11.1 Å². The molecule has 2 amide bonds. The molecule has 0 spiro atoms. The summed E-state index contributed by atoms with van der Waals surface area (Å²) in [5.41, 5.74) is 4.69. The number of furan rings is 1. The van der Waals surface area contributed by atoms with Gasteiger partial charge in [0, 0.05) is 24.6 Å². The predicted molar refractivity (Wildman–Crippen MR) is 128 cm³/mol. The maximum absolute atomic E-state index is 13.1. The molecule has 180 valence electrons. The normalized spacial score (nSPS) is 16.9. The Kier molecular flexibility index (Phi) is 6.27. The quantitative estimate of drug-likeness (QED) is 0.514. The van der Waals surface area contributed by atoms with Gasteiger partial charge in [-0.3, -0.25) is 14.9 Å². The fourth-order valence-corrected chi connectivity index (χ4v) is 5.13. The molecule has 0 radical (unpaired) electrons. The van der Waals surface area contributed by atoms with Crippen molar-refractivity contribution in [1.82, 2.24) is 4.90 Å². The highest BCUT2D eigenvalue weighted by Gasteiger charge is 2.33. The van der Waals surface area contributed by atoms with Crippen LogP contribution in [0.15, 0.2) is 65.3 Å². The van der Waals surface area contributed by atoms with Crippen LogP contribution in [0.3, 0.4) is 0 Å². The molecule has 0 unspecified atom stereocenters. The highest BCUT2D eigenvalue weighted by molar-refractivity contribution is 6.00. The molecule has 2 heterocycles. The summed E-state index contributed by atoms with van der Waals surface area (Å²) in [6, 6.07) is 17.2. The van der Waals surface area contributed by atoms with Gasteiger partial charge in [0.1, 0.15) is 6.61 Å². The monoisotopic (exact) mass is 474 g/mol. The molecule has 0 saturated carbocycles. The van der Waals surface area contributed by atoms with Crippen molar-refractivity contribution in [2.24, 2.45) is 0 Å². The van der Waals surface area contributed by atoms with Crippen molar-refractivity contribution in [3.63, 3.8) is 0 Å². The standard InChI is InChI=1S/C27H26N2O6/c30-24(31)15-17-7-5-6-13-29(17)26(32)25-23(12-14-34-25)28-27(33)35-16-22-20-10-3-1-8-18(20)19-9-2-4-11-21(19)22/h1-4,8-12,14,17,22H,5-7,13,15-16H2,(H,28,33)(H,30,31)/t17-/m0/s1. The van der Waals surface area contributed by atoms with Crippen LogP contribution in [0.2, 0.25) is 0 Å². The van der Waals surface area contributed by atoms with Gasteiger partial charge < -0.3 is 19.2 Å². The van der Waals surface area contributed by atoms with Gasteiger partial charge in [0.05, 0.1) is 18.4 Å². The van der Waals surface area contributed by atoms with E-state index in [2.05, 4.69) is 17.4 Å². The van der Waals surface area contributed by atoms with Gasteiger partial charge in [0.2, 0.25) is 5.76 Å². The van der Waals surface area contributed by atoms with E-state index < -0.39 is 24.0 Å². The van der Waals surface area contributed by atoms with Gasteiger partial charge in [-0.15, -0.1) is 0 Å². The number of carbonyl (C=O) groups is 3. The Hall–Kier alpha value is -4.07. The van der Waals surface area contributed by atoms with Crippen LogP contribution in [-0.4, -0.2) is 47.2 Å². The van der Waals surface area contributed by atoms with E-state index in [1.807, 2.05) is 36.4 Å². The Morgan fingerprint density at radius 3 is 2.37 bits per heavy atom. The van der Waals surface area contributed by atoms with Crippen molar-refractivity contribution in [1.29, 1.82) is 0 Å². The molecule has 1 atom stereocenters. The average molecular weight is 475 g/mol. The Morgan fingerprint density at radius 1 is 1.00 bits per heavy atom. The number of anilines is 1. The Morgan fingerprint density at radius 2 is 1.69 bits per heavy atom. The van der Waals surface area contributed by atoms with Crippen molar-refractivity contribution >= 4 is 23.7 Å². The highest BCUT2D eigenvalue weighted by Crippen LogP contribution is 2.44. The second-order valence-electron chi connectivity index (χ2n) is 8.86. The molecule has 1 saturated heterocycles. The van der Waals surface area contributed by atoms with Gasteiger partial charge in [-0.05, 0) is 41.5 Å². The second kappa shape index (κ2) is 9.66. The van der Waals surface area contributed by atoms with Crippen LogP contribution in [0.1, 0.15) is 53.3 Å². The zero-order chi connectivity index (χ0) is 24.4. The van der Waals surface area contributed by atoms with Gasteiger partial charge in [-0.2, -0.15) is 0 Å². The fraction of sp³-hybridized carbons (Fsp3) is 0.296. The third kappa shape index (κ3) is 4.51. The van der Waals surface area contributed by atoms with Gasteiger partial charge in [-0.1, -0.05) is 48.5 Å². The molecule has 5 rings (SSSR count). The summed E-state index contributed by atoms with van der Waals surface area (Å²) in [4.78, 5) is 38.6. The van der Waals surface area contributed by atoms with E-state index in [-0.39, 0.29) is 30.4 Å². The first-order valence-electron chi connectivity index (χ1n) is 11.7. The zero-order valence-electron chi connectivity index (χ0n) is 19.1. The molecule has 1 aliphatic heterocycles. The number of rotatable bonds is 6. The van der Waals surface area contributed by atoms with Crippen LogP contribution >= 0.6 is 0 Å². The first-order chi connectivity index (χ1) is 17.0. The molecule has 1 aromatic heterocycles. The minimum absolute atomic E-state index is 0.0317. The van der Waals surface area contributed by atoms with E-state index in [1.54, 1.807) is 0 Å². The number of hydrogen-bond donors (Lipinski definition) is 2. The fourth-order valence-electron chi connectivity index (χ4n) is 5.13. The summed E-state index contributed by atoms with van der Waals surface area (Å²) in [7, 11) is 0. The van der Waals surface area contributed by atoms with E-state index >= 15 is 0 Å². The third-order valence-corrected chi connectivity index (χ3v) is 6.74. The minimum atomic E-state index is -0.953. The maximum Gasteiger partial charge on any atom is 0.411 e. The molecule has 8 nitrogen and oxygen atoms in total. The molecule has 3 aromatic rings. The van der Waals surface area contributed by atoms with Crippen LogP contribution in [0.5, 0.6) is 0 Å². The van der Waals surface area contributed by atoms with Crippen LogP contribution in [-0.2, 0) is 9.53 Å². The maximum atomic E-state index is 13.1. The molecule has 8 heteroatoms. The summed E-state index contributed by atoms with van der Waals surface area (Å²) in [6.07, 6.45) is 2.78. The van der Waals surface area contributed by atoms with Crippen LogP contribution in [0, 0.1) is 0 Å². The lowest BCUT2D eigenvalue weighted by atomic mass is 9.98. The smallest absolute Gasteiger partial charge is 0.411 e. The number of aliphatic carboxylic acids is 1. The summed E-state index contributed by atoms with van der Waals surface area (Å²) in [5.74, 6) is -1.50. The predicted octanol–water partition coefficient (Wildman–Crippen LogP) is 5.11. The number of ether oxygens (including phenoxy) is 1. The molecule has 2 N–H and O–H groups in total. The highest BCUT2D eigenvalue weighted by atomic mass is 16.5. The van der Waals surface area contributed by atoms with Gasteiger partial charge in [-0.25, -0.2) is 4.79 Å². The Bertz CT molecular complexity index is 1220. The van der Waals surface area contributed by atoms with Crippen molar-refractivity contribution < 1.29 is 28.6 Å². The number of carboxylic acid groups (broad SMARTS) is 1. The number of fused-ring (bicyclic) bond motifs is 3. The lowest BCUT2D eigenvalue weighted by molar-refractivity contribution is -0.138. The van der Waals surface area contributed by atoms with E-state index in [4.69, 9.17) is 9.15 Å². The molecule has 2 aliphatic rings. The number of carboxylic acids is 1. The molecule has 0 bridgehead atoms. The number of amides is 2. The molecule has 1 fully saturated rings. The van der Waals surface area contributed by atoms with E-state index in [0.29, 0.717) is 13.0 Å². The summed E-state index contributed by atoms with van der Waals surface area (Å²) >= 11 is 0. The molecule has 35 heavy (non-hydrogen) atoms. The van der Waals surface area contributed by atoms with Crippen LogP contribution in [0.25, 0.3) is 11.1 Å². The van der Waals surface area contributed by atoms with Crippen molar-refractivity contribution in [2.45, 2.75) is 37.6 Å². The molecular weight excluding hydrogens is 448 g/mol. The van der Waals surface area contributed by atoms with Gasteiger partial charge in [0.25, 0.3) is 5.91 Å². The largest absolute Gasteiger partial charge is 0.481 e. The number of hydrogen-bond acceptors (Lipinski definition) is 5. The number of piperidine rings is 1. The zero-order valence-corrected chi connectivity index (χ0v) is 19.1. The third-order valence-electron chi connectivity index (χ3n) is 6.74. The first kappa shape index (κ1) is 22.7. The van der Waals surface area contributed by atoms with E-state index in [1.165, 1.54) is 17.2 Å². The summed E-state index contributed by atoms with van der Waals surface area (Å²) in [6.45, 7) is 0.593. The number of benzene rings is 2. The topological polar surface area (TPSA) is 109 Å². The minimum Gasteiger partial charge on any atom is -0.481 e. The average Bonchev–Trinajstić information content (AvgIpc) is 3.45. The number of carbonyl (C=O) groups excluding carboxylic acids is 2. The van der Waals surface area contributed by atoms with Crippen LogP contribution < -0.4 is 5.32 Å². The number of nitrogens with zero attached hydrogens (tertiary/aromatic N) is 1. The van der Waals surface area contributed by atoms with Gasteiger partial charge in [0.15, 0.2) is 0 Å². The molecule has 2 aromatic carbocycles. The molecular formula is C27H26N2O6. The SMILES string of the molecule is O=C(O)C[C@@H]1CCCCN1C(=O)c1occc1NC(=O)OCC1c2ccccc2-c2ccccc21. The summed E-state index contributed by atoms with van der Waals surface area (Å²) in [5, 5.41) is 11.8. The summed E-state index contributed by atoms with van der Waals surface area (Å²) < 4.78 is 11.0. The van der Waals surface area contributed by atoms with Crippen molar-refractivity contribution in [3.05, 3.63) is 77.7 Å². The Balaban J connectivity index is 1.26. The lowest BCUT2D eigenvalue weighted by Crippen LogP contribution is -2.44. The van der Waals surface area contributed by atoms with Crippen LogP contribution in [0.4, 0.5) is 10.5 Å².